The van der Waals surface area contributed by atoms with Crippen molar-refractivity contribution in [2.75, 3.05) is 0 Å². The zero-order chi connectivity index (χ0) is 11.7. The third-order valence-electron chi connectivity index (χ3n) is 2.26. The summed E-state index contributed by atoms with van der Waals surface area (Å²) in [5, 5.41) is 1.75. The zero-order valence-electron chi connectivity index (χ0n) is 8.46. The molecule has 0 radical (unpaired) electrons. The summed E-state index contributed by atoms with van der Waals surface area (Å²) in [5.74, 6) is -0.499. The maximum absolute atomic E-state index is 13.3. The average molecular weight is 299 g/mol. The van der Waals surface area contributed by atoms with E-state index >= 15 is 0 Å². The summed E-state index contributed by atoms with van der Waals surface area (Å²) in [4.78, 5) is 11.9. The van der Waals surface area contributed by atoms with E-state index in [-0.39, 0.29) is 11.6 Å². The van der Waals surface area contributed by atoms with E-state index in [1.165, 1.54) is 17.4 Å². The second-order valence-electron chi connectivity index (χ2n) is 3.43. The molecule has 0 saturated heterocycles. The smallest absolute Gasteiger partial charge is 0.194 e. The number of thiophene rings is 1. The van der Waals surface area contributed by atoms with E-state index in [1.54, 1.807) is 30.5 Å². The van der Waals surface area contributed by atoms with Gasteiger partial charge in [-0.3, -0.25) is 4.79 Å². The molecule has 2 aromatic rings. The van der Waals surface area contributed by atoms with Gasteiger partial charge in [-0.05, 0) is 40.5 Å². The molecule has 1 nitrogen and oxygen atoms in total. The minimum Gasteiger partial charge on any atom is -0.289 e. The first-order valence-electron chi connectivity index (χ1n) is 4.63. The lowest BCUT2D eigenvalue weighted by molar-refractivity contribution is 0.103. The highest BCUT2D eigenvalue weighted by atomic mass is 79.9. The van der Waals surface area contributed by atoms with Crippen LogP contribution < -0.4 is 0 Å². The molecule has 0 amide bonds. The van der Waals surface area contributed by atoms with Crippen LogP contribution in [0.3, 0.4) is 0 Å². The van der Waals surface area contributed by atoms with Crippen LogP contribution >= 0.6 is 27.3 Å². The number of halogens is 2. The molecule has 4 heteroatoms. The van der Waals surface area contributed by atoms with Crippen molar-refractivity contribution < 1.29 is 9.18 Å². The molecule has 1 aromatic heterocycles. The van der Waals surface area contributed by atoms with Crippen LogP contribution in [0.25, 0.3) is 0 Å². The quantitative estimate of drug-likeness (QED) is 0.760. The first kappa shape index (κ1) is 11.5. The Morgan fingerprint density at radius 1 is 1.31 bits per heavy atom. The van der Waals surface area contributed by atoms with Crippen LogP contribution in [0.15, 0.2) is 33.4 Å². The van der Waals surface area contributed by atoms with Crippen LogP contribution in [0.4, 0.5) is 4.39 Å². The summed E-state index contributed by atoms with van der Waals surface area (Å²) in [6.07, 6.45) is 0. The number of carbonyl (C=O) groups excluding carboxylic acids is 1. The van der Waals surface area contributed by atoms with E-state index in [0.29, 0.717) is 16.7 Å². The largest absolute Gasteiger partial charge is 0.289 e. The van der Waals surface area contributed by atoms with Gasteiger partial charge in [0.05, 0.1) is 3.79 Å². The molecule has 0 spiro atoms. The third kappa shape index (κ3) is 2.23. The molecule has 1 heterocycles. The fourth-order valence-electron chi connectivity index (χ4n) is 1.33. The van der Waals surface area contributed by atoms with Crippen LogP contribution in [-0.2, 0) is 0 Å². The predicted molar refractivity (Wildman–Crippen MR) is 66.6 cm³/mol. The highest BCUT2D eigenvalue weighted by Gasteiger charge is 2.12. The molecule has 0 atom stereocenters. The Morgan fingerprint density at radius 2 is 2.06 bits per heavy atom. The van der Waals surface area contributed by atoms with Gasteiger partial charge in [-0.2, -0.15) is 0 Å². The number of carbonyl (C=O) groups is 1. The second-order valence-corrected chi connectivity index (χ2v) is 5.72. The maximum Gasteiger partial charge on any atom is 0.194 e. The average Bonchev–Trinajstić information content (AvgIpc) is 2.68. The summed E-state index contributed by atoms with van der Waals surface area (Å²) < 4.78 is 14.2. The van der Waals surface area contributed by atoms with Crippen molar-refractivity contribution in [2.24, 2.45) is 0 Å². The normalized spacial score (nSPS) is 10.4. The van der Waals surface area contributed by atoms with Crippen LogP contribution in [0, 0.1) is 12.7 Å². The lowest BCUT2D eigenvalue weighted by Gasteiger charge is -2.00. The lowest BCUT2D eigenvalue weighted by atomic mass is 10.0. The van der Waals surface area contributed by atoms with Gasteiger partial charge in [0.25, 0.3) is 0 Å². The second kappa shape index (κ2) is 4.47. The van der Waals surface area contributed by atoms with Crippen LogP contribution in [0.2, 0.25) is 0 Å². The van der Waals surface area contributed by atoms with Crippen LogP contribution in [-0.4, -0.2) is 5.78 Å². The topological polar surface area (TPSA) is 17.1 Å². The van der Waals surface area contributed by atoms with E-state index in [4.69, 9.17) is 0 Å². The highest BCUT2D eigenvalue weighted by molar-refractivity contribution is 9.11. The van der Waals surface area contributed by atoms with E-state index in [1.807, 2.05) is 0 Å². The Bertz CT molecular complexity index is 548. The van der Waals surface area contributed by atoms with Crippen molar-refractivity contribution in [3.63, 3.8) is 0 Å². The van der Waals surface area contributed by atoms with Gasteiger partial charge in [-0.1, -0.05) is 12.1 Å². The SMILES string of the molecule is Cc1ccc(C(=O)c2csc(Br)c2)cc1F. The van der Waals surface area contributed by atoms with Crippen molar-refractivity contribution in [2.45, 2.75) is 6.92 Å². The number of ketones is 1. The molecular weight excluding hydrogens is 291 g/mol. The van der Waals surface area contributed by atoms with Gasteiger partial charge in [0.15, 0.2) is 5.78 Å². The van der Waals surface area contributed by atoms with Gasteiger partial charge in [-0.25, -0.2) is 4.39 Å². The summed E-state index contributed by atoms with van der Waals surface area (Å²) in [7, 11) is 0. The first-order chi connectivity index (χ1) is 7.58. The standard InChI is InChI=1S/C12H8BrFOS/c1-7-2-3-8(4-10(7)14)12(15)9-5-11(13)16-6-9/h2-6H,1H3. The molecule has 16 heavy (non-hydrogen) atoms. The van der Waals surface area contributed by atoms with Crippen LogP contribution in [0.5, 0.6) is 0 Å². The molecule has 0 N–H and O–H groups in total. The predicted octanol–water partition coefficient (Wildman–Crippen LogP) is 4.19. The molecule has 1 aromatic carbocycles. The van der Waals surface area contributed by atoms with Gasteiger partial charge >= 0.3 is 0 Å². The molecule has 0 unspecified atom stereocenters. The van der Waals surface area contributed by atoms with E-state index in [0.717, 1.165) is 3.79 Å². The summed E-state index contributed by atoms with van der Waals surface area (Å²) in [6, 6.07) is 6.28. The van der Waals surface area contributed by atoms with Gasteiger partial charge < -0.3 is 0 Å². The molecule has 2 rings (SSSR count). The summed E-state index contributed by atoms with van der Waals surface area (Å²) >= 11 is 4.73. The number of benzene rings is 1. The van der Waals surface area contributed by atoms with Crippen molar-refractivity contribution >= 4 is 33.0 Å². The molecule has 0 saturated carbocycles. The molecule has 0 bridgehead atoms. The van der Waals surface area contributed by atoms with Gasteiger partial charge in [-0.15, -0.1) is 11.3 Å². The van der Waals surface area contributed by atoms with Crippen molar-refractivity contribution in [3.05, 3.63) is 55.9 Å². The zero-order valence-corrected chi connectivity index (χ0v) is 10.9. The van der Waals surface area contributed by atoms with Gasteiger partial charge in [0, 0.05) is 16.5 Å². The minimum absolute atomic E-state index is 0.152. The minimum atomic E-state index is -0.347. The maximum atomic E-state index is 13.3. The Labute approximate surface area is 105 Å². The first-order valence-corrected chi connectivity index (χ1v) is 6.30. The number of hydrogen-bond acceptors (Lipinski definition) is 2. The fourth-order valence-corrected chi connectivity index (χ4v) is 2.47. The highest BCUT2D eigenvalue weighted by Crippen LogP contribution is 2.23. The summed E-state index contributed by atoms with van der Waals surface area (Å²) in [6.45, 7) is 1.67. The Kier molecular flexibility index (Phi) is 3.21. The van der Waals surface area contributed by atoms with Crippen molar-refractivity contribution in [1.29, 1.82) is 0 Å². The Morgan fingerprint density at radius 3 is 2.62 bits per heavy atom. The number of aryl methyl sites for hydroxylation is 1. The van der Waals surface area contributed by atoms with Crippen LogP contribution in [0.1, 0.15) is 21.5 Å². The third-order valence-corrected chi connectivity index (χ3v) is 3.77. The molecule has 82 valence electrons. The number of rotatable bonds is 2. The van der Waals surface area contributed by atoms with Gasteiger partial charge in [0.2, 0.25) is 0 Å². The Balaban J connectivity index is 2.38. The number of hydrogen-bond donors (Lipinski definition) is 0. The monoisotopic (exact) mass is 298 g/mol. The Hall–Kier alpha value is -1.00. The van der Waals surface area contributed by atoms with E-state index < -0.39 is 0 Å². The molecule has 0 aliphatic heterocycles. The molecule has 0 aliphatic rings. The molecule has 0 fully saturated rings. The fraction of sp³-hybridized carbons (Fsp3) is 0.0833. The molecular formula is C12H8BrFOS. The molecule has 0 aliphatic carbocycles. The summed E-state index contributed by atoms with van der Waals surface area (Å²) in [5.41, 5.74) is 1.51. The van der Waals surface area contributed by atoms with Gasteiger partial charge in [0.1, 0.15) is 5.82 Å². The van der Waals surface area contributed by atoms with Crippen molar-refractivity contribution in [1.82, 2.24) is 0 Å². The van der Waals surface area contributed by atoms with E-state index in [2.05, 4.69) is 15.9 Å². The lowest BCUT2D eigenvalue weighted by Crippen LogP contribution is -2.00. The van der Waals surface area contributed by atoms with Crippen molar-refractivity contribution in [3.8, 4) is 0 Å². The van der Waals surface area contributed by atoms with E-state index in [9.17, 15) is 9.18 Å².